The Labute approximate surface area is 97.0 Å². The van der Waals surface area contributed by atoms with Crippen LogP contribution < -0.4 is 0 Å². The SMILES string of the molecule is Cc1ccc(S(=O)(=O)C(C)(C)CO)cc1C. The summed E-state index contributed by atoms with van der Waals surface area (Å²) in [6.07, 6.45) is 0. The number of benzene rings is 1. The summed E-state index contributed by atoms with van der Waals surface area (Å²) >= 11 is 0. The smallest absolute Gasteiger partial charge is 0.185 e. The van der Waals surface area contributed by atoms with Crippen LogP contribution in [-0.2, 0) is 9.84 Å². The molecule has 0 spiro atoms. The molecular weight excluding hydrogens is 224 g/mol. The minimum atomic E-state index is -3.48. The van der Waals surface area contributed by atoms with Crippen molar-refractivity contribution in [1.82, 2.24) is 0 Å². The maximum Gasteiger partial charge on any atom is 0.185 e. The molecule has 0 aliphatic heterocycles. The van der Waals surface area contributed by atoms with Crippen LogP contribution in [0.3, 0.4) is 0 Å². The van der Waals surface area contributed by atoms with Crippen LogP contribution in [0.1, 0.15) is 25.0 Å². The van der Waals surface area contributed by atoms with Crippen LogP contribution in [0.2, 0.25) is 0 Å². The molecule has 0 aliphatic rings. The van der Waals surface area contributed by atoms with Crippen molar-refractivity contribution in [3.05, 3.63) is 29.3 Å². The Kier molecular flexibility index (Phi) is 3.45. The third kappa shape index (κ3) is 2.13. The van der Waals surface area contributed by atoms with Gasteiger partial charge in [0.2, 0.25) is 0 Å². The Hall–Kier alpha value is -0.870. The zero-order valence-electron chi connectivity index (χ0n) is 10.1. The molecule has 0 saturated heterocycles. The molecule has 1 rings (SSSR count). The molecule has 0 heterocycles. The summed E-state index contributed by atoms with van der Waals surface area (Å²) in [4.78, 5) is 0.273. The van der Waals surface area contributed by atoms with Crippen molar-refractivity contribution in [3.8, 4) is 0 Å². The summed E-state index contributed by atoms with van der Waals surface area (Å²) in [6, 6.07) is 5.03. The first-order valence-corrected chi connectivity index (χ1v) is 6.63. The van der Waals surface area contributed by atoms with Gasteiger partial charge in [0.25, 0.3) is 0 Å². The number of hydrogen-bond donors (Lipinski definition) is 1. The summed E-state index contributed by atoms with van der Waals surface area (Å²) in [5.74, 6) is 0. The molecule has 16 heavy (non-hydrogen) atoms. The highest BCUT2D eigenvalue weighted by Crippen LogP contribution is 2.26. The number of sulfone groups is 1. The van der Waals surface area contributed by atoms with E-state index in [1.165, 1.54) is 13.8 Å². The highest BCUT2D eigenvalue weighted by Gasteiger charge is 2.35. The molecule has 90 valence electrons. The van der Waals surface area contributed by atoms with Crippen LogP contribution in [0.15, 0.2) is 23.1 Å². The molecular formula is C12H18O3S. The fraction of sp³-hybridized carbons (Fsp3) is 0.500. The zero-order chi connectivity index (χ0) is 12.6. The molecule has 1 aromatic carbocycles. The second-order valence-electron chi connectivity index (χ2n) is 4.67. The first-order valence-electron chi connectivity index (χ1n) is 5.15. The predicted molar refractivity (Wildman–Crippen MR) is 64.3 cm³/mol. The van der Waals surface area contributed by atoms with Crippen LogP contribution in [0.25, 0.3) is 0 Å². The molecule has 0 atom stereocenters. The first kappa shape index (κ1) is 13.2. The van der Waals surface area contributed by atoms with Crippen molar-refractivity contribution < 1.29 is 13.5 Å². The van der Waals surface area contributed by atoms with E-state index in [4.69, 9.17) is 5.11 Å². The van der Waals surface area contributed by atoms with Crippen LogP contribution >= 0.6 is 0 Å². The molecule has 0 fully saturated rings. The minimum Gasteiger partial charge on any atom is -0.395 e. The van der Waals surface area contributed by atoms with Gasteiger partial charge in [-0.3, -0.25) is 0 Å². The number of rotatable bonds is 3. The second-order valence-corrected chi connectivity index (χ2v) is 7.25. The fourth-order valence-electron chi connectivity index (χ4n) is 1.29. The van der Waals surface area contributed by atoms with Crippen molar-refractivity contribution >= 4 is 9.84 Å². The van der Waals surface area contributed by atoms with E-state index in [0.717, 1.165) is 11.1 Å². The highest BCUT2D eigenvalue weighted by molar-refractivity contribution is 7.92. The fourth-order valence-corrected chi connectivity index (χ4v) is 2.67. The van der Waals surface area contributed by atoms with Crippen molar-refractivity contribution in [2.75, 3.05) is 6.61 Å². The quantitative estimate of drug-likeness (QED) is 0.880. The minimum absolute atomic E-state index is 0.273. The Morgan fingerprint density at radius 3 is 2.19 bits per heavy atom. The number of aryl methyl sites for hydroxylation is 2. The molecule has 0 radical (unpaired) electrons. The van der Waals surface area contributed by atoms with Crippen molar-refractivity contribution in [1.29, 1.82) is 0 Å². The first-order chi connectivity index (χ1) is 7.22. The van der Waals surface area contributed by atoms with E-state index in [0.29, 0.717) is 0 Å². The molecule has 0 unspecified atom stereocenters. The van der Waals surface area contributed by atoms with Crippen LogP contribution in [0.4, 0.5) is 0 Å². The van der Waals surface area contributed by atoms with Gasteiger partial charge in [0.15, 0.2) is 9.84 Å². The summed E-state index contributed by atoms with van der Waals surface area (Å²) in [7, 11) is -3.48. The highest BCUT2D eigenvalue weighted by atomic mass is 32.2. The Bertz CT molecular complexity index is 487. The molecule has 0 aromatic heterocycles. The maximum absolute atomic E-state index is 12.2. The van der Waals surface area contributed by atoms with E-state index < -0.39 is 14.6 Å². The van der Waals surface area contributed by atoms with E-state index in [1.54, 1.807) is 18.2 Å². The number of aliphatic hydroxyl groups is 1. The van der Waals surface area contributed by atoms with Gasteiger partial charge in [0.05, 0.1) is 16.2 Å². The van der Waals surface area contributed by atoms with Gasteiger partial charge < -0.3 is 5.11 Å². The van der Waals surface area contributed by atoms with Crippen molar-refractivity contribution in [3.63, 3.8) is 0 Å². The number of hydrogen-bond acceptors (Lipinski definition) is 3. The third-order valence-corrected chi connectivity index (χ3v) is 5.36. The molecule has 1 aromatic rings. The summed E-state index contributed by atoms with van der Waals surface area (Å²) in [6.45, 7) is 6.47. The van der Waals surface area contributed by atoms with E-state index in [2.05, 4.69) is 0 Å². The van der Waals surface area contributed by atoms with E-state index in [-0.39, 0.29) is 11.5 Å². The van der Waals surface area contributed by atoms with Gasteiger partial charge in [-0.15, -0.1) is 0 Å². The average Bonchev–Trinajstić information content (AvgIpc) is 2.21. The predicted octanol–water partition coefficient (Wildman–Crippen LogP) is 1.85. The van der Waals surface area contributed by atoms with E-state index in [9.17, 15) is 8.42 Å². The Balaban J connectivity index is 3.34. The van der Waals surface area contributed by atoms with Crippen LogP contribution in [0, 0.1) is 13.8 Å². The Morgan fingerprint density at radius 1 is 1.19 bits per heavy atom. The van der Waals surface area contributed by atoms with E-state index in [1.807, 2.05) is 13.8 Å². The lowest BCUT2D eigenvalue weighted by atomic mass is 10.1. The van der Waals surface area contributed by atoms with Crippen molar-refractivity contribution in [2.24, 2.45) is 0 Å². The molecule has 3 nitrogen and oxygen atoms in total. The van der Waals surface area contributed by atoms with E-state index >= 15 is 0 Å². The van der Waals surface area contributed by atoms with Crippen molar-refractivity contribution in [2.45, 2.75) is 37.3 Å². The van der Waals surface area contributed by atoms with Gasteiger partial charge in [-0.25, -0.2) is 8.42 Å². The summed E-state index contributed by atoms with van der Waals surface area (Å²) in [5.41, 5.74) is 2.00. The van der Waals surface area contributed by atoms with Gasteiger partial charge in [0, 0.05) is 0 Å². The third-order valence-electron chi connectivity index (χ3n) is 2.90. The lowest BCUT2D eigenvalue weighted by Crippen LogP contribution is -2.35. The van der Waals surface area contributed by atoms with Gasteiger partial charge in [-0.05, 0) is 51.0 Å². The van der Waals surface area contributed by atoms with Crippen LogP contribution in [-0.4, -0.2) is 24.9 Å². The van der Waals surface area contributed by atoms with Gasteiger partial charge >= 0.3 is 0 Å². The van der Waals surface area contributed by atoms with Gasteiger partial charge in [0.1, 0.15) is 0 Å². The molecule has 0 aliphatic carbocycles. The molecule has 1 N–H and O–H groups in total. The topological polar surface area (TPSA) is 54.4 Å². The lowest BCUT2D eigenvalue weighted by molar-refractivity contribution is 0.258. The largest absolute Gasteiger partial charge is 0.395 e. The Morgan fingerprint density at radius 2 is 1.75 bits per heavy atom. The van der Waals surface area contributed by atoms with Crippen LogP contribution in [0.5, 0.6) is 0 Å². The molecule has 0 saturated carbocycles. The van der Waals surface area contributed by atoms with Gasteiger partial charge in [-0.2, -0.15) is 0 Å². The maximum atomic E-state index is 12.2. The molecule has 0 amide bonds. The lowest BCUT2D eigenvalue weighted by Gasteiger charge is -2.22. The second kappa shape index (κ2) is 4.18. The molecule has 4 heteroatoms. The monoisotopic (exact) mass is 242 g/mol. The average molecular weight is 242 g/mol. The number of aliphatic hydroxyl groups excluding tert-OH is 1. The van der Waals surface area contributed by atoms with Gasteiger partial charge in [-0.1, -0.05) is 6.07 Å². The normalized spacial score (nSPS) is 12.8. The standard InChI is InChI=1S/C12H18O3S/c1-9-5-6-11(7-10(9)2)16(14,15)12(3,4)8-13/h5-7,13H,8H2,1-4H3. The molecule has 0 bridgehead atoms. The zero-order valence-corrected chi connectivity index (χ0v) is 10.9. The summed E-state index contributed by atoms with van der Waals surface area (Å²) in [5, 5.41) is 9.14. The summed E-state index contributed by atoms with van der Waals surface area (Å²) < 4.78 is 23.2.